The van der Waals surface area contributed by atoms with E-state index in [9.17, 15) is 9.59 Å². The van der Waals surface area contributed by atoms with E-state index in [1.165, 1.54) is 0 Å². The third-order valence-corrected chi connectivity index (χ3v) is 4.58. The lowest BCUT2D eigenvalue weighted by Gasteiger charge is -2.18. The maximum Gasteiger partial charge on any atom is 0.253 e. The molecular formula is C20H20ClN3O3. The van der Waals surface area contributed by atoms with Crippen LogP contribution >= 0.6 is 11.6 Å². The van der Waals surface area contributed by atoms with E-state index in [4.69, 9.17) is 16.7 Å². The number of hydrogen-bond acceptors (Lipinski definition) is 3. The van der Waals surface area contributed by atoms with Gasteiger partial charge in [-0.15, -0.1) is 0 Å². The zero-order valence-corrected chi connectivity index (χ0v) is 15.3. The molecule has 1 atom stereocenters. The van der Waals surface area contributed by atoms with Crippen molar-refractivity contribution < 1.29 is 14.7 Å². The Balaban J connectivity index is 1.83. The number of aromatic amines is 1. The number of benzene rings is 2. The van der Waals surface area contributed by atoms with Crippen molar-refractivity contribution in [2.75, 3.05) is 13.2 Å². The number of halogens is 1. The SMILES string of the molecule is O=C(NC(Cc1c[nH]c2ccccc12)C(=O)NCCO)c1ccccc1Cl. The van der Waals surface area contributed by atoms with E-state index in [0.717, 1.165) is 16.5 Å². The first-order valence-electron chi connectivity index (χ1n) is 8.59. The summed E-state index contributed by atoms with van der Waals surface area (Å²) in [5.41, 5.74) is 2.17. The Kier molecular flexibility index (Phi) is 6.11. The Morgan fingerprint density at radius 1 is 1.11 bits per heavy atom. The summed E-state index contributed by atoms with van der Waals surface area (Å²) in [6.07, 6.45) is 2.14. The van der Waals surface area contributed by atoms with Gasteiger partial charge in [0.1, 0.15) is 6.04 Å². The third kappa shape index (κ3) is 4.48. The zero-order chi connectivity index (χ0) is 19.2. The van der Waals surface area contributed by atoms with Crippen molar-refractivity contribution in [2.45, 2.75) is 12.5 Å². The molecule has 7 heteroatoms. The molecule has 1 unspecified atom stereocenters. The van der Waals surface area contributed by atoms with Gasteiger partial charge in [-0.25, -0.2) is 0 Å². The van der Waals surface area contributed by atoms with E-state index in [1.54, 1.807) is 24.3 Å². The smallest absolute Gasteiger partial charge is 0.253 e. The number of aliphatic hydroxyl groups is 1. The van der Waals surface area contributed by atoms with Crippen LogP contribution in [-0.2, 0) is 11.2 Å². The van der Waals surface area contributed by atoms with Crippen LogP contribution in [0.3, 0.4) is 0 Å². The summed E-state index contributed by atoms with van der Waals surface area (Å²) in [6.45, 7) is -0.0603. The van der Waals surface area contributed by atoms with Gasteiger partial charge in [0.05, 0.1) is 17.2 Å². The Morgan fingerprint density at radius 3 is 2.63 bits per heavy atom. The minimum Gasteiger partial charge on any atom is -0.395 e. The van der Waals surface area contributed by atoms with Gasteiger partial charge in [-0.05, 0) is 23.8 Å². The van der Waals surface area contributed by atoms with Gasteiger partial charge in [-0.1, -0.05) is 41.9 Å². The number of aromatic nitrogens is 1. The second kappa shape index (κ2) is 8.70. The van der Waals surface area contributed by atoms with Crippen LogP contribution in [0.15, 0.2) is 54.7 Å². The molecule has 3 aromatic rings. The van der Waals surface area contributed by atoms with Crippen LogP contribution in [0.1, 0.15) is 15.9 Å². The maximum atomic E-state index is 12.6. The number of fused-ring (bicyclic) bond motifs is 1. The summed E-state index contributed by atoms with van der Waals surface area (Å²) in [5.74, 6) is -0.792. The fourth-order valence-corrected chi connectivity index (χ4v) is 3.13. The fraction of sp³-hybridized carbons (Fsp3) is 0.200. The predicted molar refractivity (Wildman–Crippen MR) is 105 cm³/mol. The van der Waals surface area contributed by atoms with Gasteiger partial charge < -0.3 is 20.7 Å². The standard InChI is InChI=1S/C20H20ClN3O3/c21-16-7-3-1-6-15(16)19(26)24-18(20(27)22-9-10-25)11-13-12-23-17-8-4-2-5-14(13)17/h1-8,12,18,23,25H,9-11H2,(H,22,27)(H,24,26). The number of carbonyl (C=O) groups excluding carboxylic acids is 2. The number of para-hydroxylation sites is 1. The zero-order valence-electron chi connectivity index (χ0n) is 14.5. The maximum absolute atomic E-state index is 12.6. The van der Waals surface area contributed by atoms with Crippen molar-refractivity contribution in [1.82, 2.24) is 15.6 Å². The molecule has 0 bridgehead atoms. The highest BCUT2D eigenvalue weighted by Crippen LogP contribution is 2.20. The number of carbonyl (C=O) groups is 2. The first-order chi connectivity index (χ1) is 13.1. The lowest BCUT2D eigenvalue weighted by Crippen LogP contribution is -2.48. The van der Waals surface area contributed by atoms with Crippen LogP contribution in [0.2, 0.25) is 5.02 Å². The molecule has 3 rings (SSSR count). The van der Waals surface area contributed by atoms with Gasteiger partial charge in [-0.2, -0.15) is 0 Å². The minimum atomic E-state index is -0.806. The van der Waals surface area contributed by atoms with Crippen molar-refractivity contribution in [2.24, 2.45) is 0 Å². The molecular weight excluding hydrogens is 366 g/mol. The average Bonchev–Trinajstić information content (AvgIpc) is 3.09. The summed E-state index contributed by atoms with van der Waals surface area (Å²) in [4.78, 5) is 28.3. The molecule has 0 saturated carbocycles. The first kappa shape index (κ1) is 18.9. The highest BCUT2D eigenvalue weighted by Gasteiger charge is 2.23. The Bertz CT molecular complexity index is 954. The summed E-state index contributed by atoms with van der Waals surface area (Å²) < 4.78 is 0. The van der Waals surface area contributed by atoms with E-state index in [2.05, 4.69) is 15.6 Å². The molecule has 0 saturated heterocycles. The number of H-pyrrole nitrogens is 1. The molecule has 0 aliphatic rings. The molecule has 0 aliphatic carbocycles. The van der Waals surface area contributed by atoms with Gasteiger partial charge in [0, 0.05) is 30.1 Å². The molecule has 0 radical (unpaired) electrons. The average molecular weight is 386 g/mol. The molecule has 1 aromatic heterocycles. The molecule has 0 aliphatic heterocycles. The van der Waals surface area contributed by atoms with Crippen LogP contribution in [0.5, 0.6) is 0 Å². The van der Waals surface area contributed by atoms with Crippen LogP contribution in [0.25, 0.3) is 10.9 Å². The molecule has 140 valence electrons. The van der Waals surface area contributed by atoms with Crippen LogP contribution in [0.4, 0.5) is 0 Å². The highest BCUT2D eigenvalue weighted by molar-refractivity contribution is 6.33. The van der Waals surface area contributed by atoms with Gasteiger partial charge in [0.2, 0.25) is 5.91 Å². The summed E-state index contributed by atoms with van der Waals surface area (Å²) in [5, 5.41) is 15.6. The minimum absolute atomic E-state index is 0.116. The molecule has 2 amide bonds. The van der Waals surface area contributed by atoms with Crippen molar-refractivity contribution >= 4 is 34.3 Å². The number of amides is 2. The monoisotopic (exact) mass is 385 g/mol. The number of nitrogens with one attached hydrogen (secondary N) is 3. The quantitative estimate of drug-likeness (QED) is 0.502. The second-order valence-electron chi connectivity index (χ2n) is 6.08. The van der Waals surface area contributed by atoms with Crippen molar-refractivity contribution in [1.29, 1.82) is 0 Å². The Morgan fingerprint density at radius 2 is 1.85 bits per heavy atom. The Hall–Kier alpha value is -2.83. The van der Waals surface area contributed by atoms with Gasteiger partial charge in [0.15, 0.2) is 0 Å². The molecule has 1 heterocycles. The highest BCUT2D eigenvalue weighted by atomic mass is 35.5. The number of hydrogen-bond donors (Lipinski definition) is 4. The fourth-order valence-electron chi connectivity index (χ4n) is 2.91. The normalized spacial score (nSPS) is 11.9. The van der Waals surface area contributed by atoms with Crippen molar-refractivity contribution in [3.05, 3.63) is 70.9 Å². The molecule has 0 fully saturated rings. The number of rotatable bonds is 7. The van der Waals surface area contributed by atoms with Gasteiger partial charge >= 0.3 is 0 Å². The van der Waals surface area contributed by atoms with E-state index >= 15 is 0 Å². The largest absolute Gasteiger partial charge is 0.395 e. The molecule has 27 heavy (non-hydrogen) atoms. The summed E-state index contributed by atoms with van der Waals surface area (Å²) in [7, 11) is 0. The third-order valence-electron chi connectivity index (χ3n) is 4.25. The number of aliphatic hydroxyl groups excluding tert-OH is 1. The van der Waals surface area contributed by atoms with E-state index in [0.29, 0.717) is 17.0 Å². The summed E-state index contributed by atoms with van der Waals surface area (Å²) in [6, 6.07) is 13.6. The topological polar surface area (TPSA) is 94.2 Å². The predicted octanol–water partition coefficient (Wildman–Crippen LogP) is 2.27. The van der Waals surface area contributed by atoms with E-state index in [-0.39, 0.29) is 19.1 Å². The summed E-state index contributed by atoms with van der Waals surface area (Å²) >= 11 is 6.09. The van der Waals surface area contributed by atoms with E-state index in [1.807, 2.05) is 30.5 Å². The van der Waals surface area contributed by atoms with Gasteiger partial charge in [0.25, 0.3) is 5.91 Å². The lowest BCUT2D eigenvalue weighted by atomic mass is 10.0. The van der Waals surface area contributed by atoms with Crippen LogP contribution in [0, 0.1) is 0 Å². The van der Waals surface area contributed by atoms with E-state index < -0.39 is 11.9 Å². The van der Waals surface area contributed by atoms with Crippen molar-refractivity contribution in [3.63, 3.8) is 0 Å². The lowest BCUT2D eigenvalue weighted by molar-refractivity contribution is -0.123. The van der Waals surface area contributed by atoms with Crippen LogP contribution in [-0.4, -0.2) is 41.1 Å². The molecule has 6 nitrogen and oxygen atoms in total. The molecule has 2 aromatic carbocycles. The van der Waals surface area contributed by atoms with Crippen molar-refractivity contribution in [3.8, 4) is 0 Å². The first-order valence-corrected chi connectivity index (χ1v) is 8.97. The van der Waals surface area contributed by atoms with Crippen LogP contribution < -0.4 is 10.6 Å². The molecule has 4 N–H and O–H groups in total. The van der Waals surface area contributed by atoms with Gasteiger partial charge in [-0.3, -0.25) is 9.59 Å². The molecule has 0 spiro atoms. The Labute approximate surface area is 161 Å². The second-order valence-corrected chi connectivity index (χ2v) is 6.49.